The summed E-state index contributed by atoms with van der Waals surface area (Å²) in [6.07, 6.45) is 1.63. The Morgan fingerprint density at radius 1 is 1.05 bits per heavy atom. The maximum Gasteiger partial charge on any atom is 0.146 e. The Morgan fingerprint density at radius 2 is 1.86 bits per heavy atom. The summed E-state index contributed by atoms with van der Waals surface area (Å²) in [6.45, 7) is 2.75. The van der Waals surface area contributed by atoms with E-state index in [-0.39, 0.29) is 11.9 Å². The second-order valence-corrected chi connectivity index (χ2v) is 4.97. The van der Waals surface area contributed by atoms with Crippen LogP contribution in [-0.2, 0) is 0 Å². The van der Waals surface area contributed by atoms with Crippen LogP contribution >= 0.6 is 0 Å². The molecule has 0 spiro atoms. The molecule has 0 aliphatic heterocycles. The lowest BCUT2D eigenvalue weighted by Crippen LogP contribution is -2.24. The van der Waals surface area contributed by atoms with Crippen LogP contribution in [0.2, 0.25) is 0 Å². The van der Waals surface area contributed by atoms with Crippen LogP contribution in [0.1, 0.15) is 24.2 Å². The Morgan fingerprint density at radius 3 is 2.62 bits per heavy atom. The number of hydrogen-bond donors (Lipinski definition) is 1. The molecule has 0 saturated heterocycles. The lowest BCUT2D eigenvalue weighted by Gasteiger charge is -2.19. The van der Waals surface area contributed by atoms with Crippen molar-refractivity contribution in [1.29, 1.82) is 0 Å². The standard InChI is InChI=1S/C18H17FN2/c1-2-20-17(18-16(19)8-5-11-21-18)15-10-9-13-6-3-4-7-14(13)12-15/h3-12,17,20H,2H2,1H3. The average Bonchev–Trinajstić information content (AvgIpc) is 2.53. The molecule has 3 rings (SSSR count). The molecular formula is C18H17FN2. The van der Waals surface area contributed by atoms with Crippen molar-refractivity contribution in [3.8, 4) is 0 Å². The Labute approximate surface area is 123 Å². The first-order valence-electron chi connectivity index (χ1n) is 7.12. The van der Waals surface area contributed by atoms with Gasteiger partial charge in [0, 0.05) is 6.20 Å². The minimum absolute atomic E-state index is 0.235. The highest BCUT2D eigenvalue weighted by Gasteiger charge is 2.18. The Balaban J connectivity index is 2.09. The van der Waals surface area contributed by atoms with E-state index in [1.807, 2.05) is 25.1 Å². The highest BCUT2D eigenvalue weighted by molar-refractivity contribution is 5.83. The van der Waals surface area contributed by atoms with Crippen LogP contribution in [0.4, 0.5) is 4.39 Å². The monoisotopic (exact) mass is 280 g/mol. The summed E-state index contributed by atoms with van der Waals surface area (Å²) >= 11 is 0. The molecule has 2 aromatic carbocycles. The van der Waals surface area contributed by atoms with Gasteiger partial charge in [-0.2, -0.15) is 0 Å². The molecule has 0 radical (unpaired) electrons. The molecule has 0 fully saturated rings. The van der Waals surface area contributed by atoms with Gasteiger partial charge in [-0.05, 0) is 41.1 Å². The van der Waals surface area contributed by atoms with E-state index in [1.54, 1.807) is 12.3 Å². The van der Waals surface area contributed by atoms with E-state index in [0.717, 1.165) is 17.5 Å². The molecule has 1 heterocycles. The highest BCUT2D eigenvalue weighted by Crippen LogP contribution is 2.25. The molecule has 1 N–H and O–H groups in total. The van der Waals surface area contributed by atoms with Gasteiger partial charge < -0.3 is 5.32 Å². The summed E-state index contributed by atoms with van der Waals surface area (Å²) in [7, 11) is 0. The summed E-state index contributed by atoms with van der Waals surface area (Å²) in [5.41, 5.74) is 1.46. The van der Waals surface area contributed by atoms with Crippen molar-refractivity contribution in [2.45, 2.75) is 13.0 Å². The van der Waals surface area contributed by atoms with Crippen molar-refractivity contribution < 1.29 is 4.39 Å². The predicted molar refractivity (Wildman–Crippen MR) is 83.7 cm³/mol. The third-order valence-electron chi connectivity index (χ3n) is 3.58. The van der Waals surface area contributed by atoms with Gasteiger partial charge in [0.25, 0.3) is 0 Å². The number of rotatable bonds is 4. The minimum atomic E-state index is -0.281. The third-order valence-corrected chi connectivity index (χ3v) is 3.58. The number of nitrogens with zero attached hydrogens (tertiary/aromatic N) is 1. The topological polar surface area (TPSA) is 24.9 Å². The fourth-order valence-corrected chi connectivity index (χ4v) is 2.57. The Bertz CT molecular complexity index is 755. The molecule has 0 bridgehead atoms. The normalized spacial score (nSPS) is 12.5. The molecule has 21 heavy (non-hydrogen) atoms. The van der Waals surface area contributed by atoms with Gasteiger partial charge in [0.2, 0.25) is 0 Å². The number of fused-ring (bicyclic) bond motifs is 1. The van der Waals surface area contributed by atoms with Crippen molar-refractivity contribution in [2.24, 2.45) is 0 Å². The summed E-state index contributed by atoms with van der Waals surface area (Å²) in [4.78, 5) is 4.22. The molecule has 1 atom stereocenters. The summed E-state index contributed by atoms with van der Waals surface area (Å²) in [5.74, 6) is -0.281. The quantitative estimate of drug-likeness (QED) is 0.779. The third kappa shape index (κ3) is 2.78. The number of halogens is 1. The molecule has 3 heteroatoms. The van der Waals surface area contributed by atoms with Crippen LogP contribution < -0.4 is 5.32 Å². The largest absolute Gasteiger partial charge is 0.305 e. The lowest BCUT2D eigenvalue weighted by molar-refractivity contribution is 0.543. The van der Waals surface area contributed by atoms with Crippen LogP contribution in [0, 0.1) is 5.82 Å². The van der Waals surface area contributed by atoms with Gasteiger partial charge in [-0.3, -0.25) is 4.98 Å². The first-order chi connectivity index (χ1) is 10.3. The fraction of sp³-hybridized carbons (Fsp3) is 0.167. The first-order valence-corrected chi connectivity index (χ1v) is 7.12. The van der Waals surface area contributed by atoms with Gasteiger partial charge in [-0.15, -0.1) is 0 Å². The second kappa shape index (κ2) is 6.02. The number of hydrogen-bond acceptors (Lipinski definition) is 2. The molecule has 3 aromatic rings. The number of pyridine rings is 1. The van der Waals surface area contributed by atoms with Crippen molar-refractivity contribution in [1.82, 2.24) is 10.3 Å². The maximum atomic E-state index is 14.1. The molecule has 1 aromatic heterocycles. The van der Waals surface area contributed by atoms with Gasteiger partial charge in [-0.25, -0.2) is 4.39 Å². The summed E-state index contributed by atoms with van der Waals surface area (Å²) in [5, 5.41) is 5.64. The van der Waals surface area contributed by atoms with Crippen LogP contribution in [0.3, 0.4) is 0 Å². The van der Waals surface area contributed by atoms with Crippen LogP contribution in [-0.4, -0.2) is 11.5 Å². The average molecular weight is 280 g/mol. The van der Waals surface area contributed by atoms with E-state index in [1.165, 1.54) is 11.5 Å². The molecule has 106 valence electrons. The fourth-order valence-electron chi connectivity index (χ4n) is 2.57. The smallest absolute Gasteiger partial charge is 0.146 e. The summed E-state index contributed by atoms with van der Waals surface area (Å²) < 4.78 is 14.1. The van der Waals surface area contributed by atoms with Gasteiger partial charge in [0.15, 0.2) is 0 Å². The number of nitrogens with one attached hydrogen (secondary N) is 1. The maximum absolute atomic E-state index is 14.1. The molecular weight excluding hydrogens is 263 g/mol. The van der Waals surface area contributed by atoms with Crippen molar-refractivity contribution in [2.75, 3.05) is 6.54 Å². The van der Waals surface area contributed by atoms with E-state index in [2.05, 4.69) is 34.6 Å². The zero-order chi connectivity index (χ0) is 14.7. The Kier molecular flexibility index (Phi) is 3.93. The predicted octanol–water partition coefficient (Wildman–Crippen LogP) is 4.07. The molecule has 0 aliphatic carbocycles. The lowest BCUT2D eigenvalue weighted by atomic mass is 9.99. The van der Waals surface area contributed by atoms with Crippen LogP contribution in [0.15, 0.2) is 60.8 Å². The van der Waals surface area contributed by atoms with E-state index >= 15 is 0 Å². The molecule has 0 aliphatic rings. The van der Waals surface area contributed by atoms with Gasteiger partial charge in [0.05, 0.1) is 11.7 Å². The SMILES string of the molecule is CCNC(c1ccc2ccccc2c1)c1ncccc1F. The van der Waals surface area contributed by atoms with Crippen molar-refractivity contribution >= 4 is 10.8 Å². The van der Waals surface area contributed by atoms with Gasteiger partial charge >= 0.3 is 0 Å². The van der Waals surface area contributed by atoms with Crippen LogP contribution in [0.5, 0.6) is 0 Å². The zero-order valence-corrected chi connectivity index (χ0v) is 11.9. The van der Waals surface area contributed by atoms with Crippen LogP contribution in [0.25, 0.3) is 10.8 Å². The van der Waals surface area contributed by atoms with E-state index in [9.17, 15) is 4.39 Å². The van der Waals surface area contributed by atoms with E-state index in [4.69, 9.17) is 0 Å². The molecule has 2 nitrogen and oxygen atoms in total. The minimum Gasteiger partial charge on any atom is -0.305 e. The van der Waals surface area contributed by atoms with Gasteiger partial charge in [0.1, 0.15) is 5.82 Å². The Hall–Kier alpha value is -2.26. The summed E-state index contributed by atoms with van der Waals surface area (Å²) in [6, 6.07) is 17.2. The van der Waals surface area contributed by atoms with Gasteiger partial charge in [-0.1, -0.05) is 43.3 Å². The van der Waals surface area contributed by atoms with Crippen molar-refractivity contribution in [3.05, 3.63) is 77.9 Å². The highest BCUT2D eigenvalue weighted by atomic mass is 19.1. The van der Waals surface area contributed by atoms with E-state index < -0.39 is 0 Å². The van der Waals surface area contributed by atoms with Crippen molar-refractivity contribution in [3.63, 3.8) is 0 Å². The second-order valence-electron chi connectivity index (χ2n) is 4.97. The number of aromatic nitrogens is 1. The number of benzene rings is 2. The molecule has 1 unspecified atom stereocenters. The zero-order valence-electron chi connectivity index (χ0n) is 11.9. The molecule has 0 saturated carbocycles. The first kappa shape index (κ1) is 13.7. The molecule has 0 amide bonds. The van der Waals surface area contributed by atoms with E-state index in [0.29, 0.717) is 5.69 Å².